The molecule has 0 saturated carbocycles. The van der Waals surface area contributed by atoms with Gasteiger partial charge in [-0.05, 0) is 18.6 Å². The van der Waals surface area contributed by atoms with Gasteiger partial charge in [-0.1, -0.05) is 12.1 Å². The molecule has 0 unspecified atom stereocenters. The number of rotatable bonds is 2. The minimum Gasteiger partial charge on any atom is -0.548 e. The van der Waals surface area contributed by atoms with Crippen LogP contribution in [-0.2, 0) is 14.8 Å². The highest BCUT2D eigenvalue weighted by molar-refractivity contribution is 7.90. The Balaban J connectivity index is 2.65. The molecule has 0 N–H and O–H groups in total. The summed E-state index contributed by atoms with van der Waals surface area (Å²) in [5.41, 5.74) is 0.533. The van der Waals surface area contributed by atoms with Gasteiger partial charge in [-0.15, -0.1) is 0 Å². The molecule has 0 radical (unpaired) electrons. The SMILES string of the molecule is Cc1cccc2c1C(=O)N(CC(=O)[O-])S2(=O)=O. The van der Waals surface area contributed by atoms with E-state index in [1.807, 2.05) is 0 Å². The van der Waals surface area contributed by atoms with E-state index in [1.165, 1.54) is 12.1 Å². The van der Waals surface area contributed by atoms with Crippen molar-refractivity contribution < 1.29 is 23.1 Å². The lowest BCUT2D eigenvalue weighted by Crippen LogP contribution is -2.41. The zero-order valence-electron chi connectivity index (χ0n) is 8.84. The molecule has 1 aliphatic heterocycles. The molecule has 1 heterocycles. The normalized spacial score (nSPS) is 17.0. The van der Waals surface area contributed by atoms with E-state index < -0.39 is 28.4 Å². The average Bonchev–Trinajstić information content (AvgIpc) is 2.41. The summed E-state index contributed by atoms with van der Waals surface area (Å²) in [4.78, 5) is 22.1. The lowest BCUT2D eigenvalue weighted by atomic mass is 10.1. The van der Waals surface area contributed by atoms with Crippen molar-refractivity contribution in [2.45, 2.75) is 11.8 Å². The van der Waals surface area contributed by atoms with Crippen molar-refractivity contribution in [3.8, 4) is 0 Å². The molecular formula is C10H8NO5S-. The number of aliphatic carboxylic acids is 1. The van der Waals surface area contributed by atoms with Gasteiger partial charge in [0.15, 0.2) is 0 Å². The molecule has 2 rings (SSSR count). The van der Waals surface area contributed by atoms with E-state index in [0.29, 0.717) is 9.87 Å². The van der Waals surface area contributed by atoms with Crippen LogP contribution in [0.4, 0.5) is 0 Å². The van der Waals surface area contributed by atoms with Crippen LogP contribution in [0.3, 0.4) is 0 Å². The first-order valence-corrected chi connectivity index (χ1v) is 6.16. The Labute approximate surface area is 97.5 Å². The fourth-order valence-corrected chi connectivity index (χ4v) is 3.34. The Hall–Kier alpha value is -1.89. The summed E-state index contributed by atoms with van der Waals surface area (Å²) >= 11 is 0. The van der Waals surface area contributed by atoms with Gasteiger partial charge < -0.3 is 9.90 Å². The second-order valence-electron chi connectivity index (χ2n) is 3.64. The predicted octanol–water partition coefficient (Wildman–Crippen LogP) is -1.11. The van der Waals surface area contributed by atoms with Crippen LogP contribution >= 0.6 is 0 Å². The maximum atomic E-state index is 11.9. The van der Waals surface area contributed by atoms with E-state index in [4.69, 9.17) is 0 Å². The van der Waals surface area contributed by atoms with E-state index >= 15 is 0 Å². The first kappa shape index (κ1) is 11.6. The summed E-state index contributed by atoms with van der Waals surface area (Å²) in [6, 6.07) is 4.38. The van der Waals surface area contributed by atoms with Crippen molar-refractivity contribution in [1.82, 2.24) is 4.31 Å². The molecule has 0 spiro atoms. The third-order valence-corrected chi connectivity index (χ3v) is 4.29. The Morgan fingerprint density at radius 2 is 2.06 bits per heavy atom. The fraction of sp³-hybridized carbons (Fsp3) is 0.200. The molecule has 1 aromatic rings. The van der Waals surface area contributed by atoms with Crippen LogP contribution in [0.2, 0.25) is 0 Å². The number of carbonyl (C=O) groups excluding carboxylic acids is 2. The zero-order valence-corrected chi connectivity index (χ0v) is 9.65. The number of benzene rings is 1. The monoisotopic (exact) mass is 254 g/mol. The number of fused-ring (bicyclic) bond motifs is 1. The Kier molecular flexibility index (Phi) is 2.43. The van der Waals surface area contributed by atoms with E-state index in [1.54, 1.807) is 13.0 Å². The molecule has 1 amide bonds. The molecule has 0 atom stereocenters. The van der Waals surface area contributed by atoms with Crippen molar-refractivity contribution >= 4 is 21.9 Å². The van der Waals surface area contributed by atoms with E-state index in [9.17, 15) is 23.1 Å². The second kappa shape index (κ2) is 3.56. The Bertz CT molecular complexity index is 620. The number of aryl methyl sites for hydroxylation is 1. The number of hydrogen-bond donors (Lipinski definition) is 0. The van der Waals surface area contributed by atoms with Gasteiger partial charge in [0.1, 0.15) is 4.90 Å². The molecule has 1 aliphatic rings. The molecule has 0 aromatic heterocycles. The minimum absolute atomic E-state index is 0.0359. The summed E-state index contributed by atoms with van der Waals surface area (Å²) in [7, 11) is -4.05. The largest absolute Gasteiger partial charge is 0.548 e. The van der Waals surface area contributed by atoms with Crippen molar-refractivity contribution in [3.63, 3.8) is 0 Å². The third kappa shape index (κ3) is 1.59. The quantitative estimate of drug-likeness (QED) is 0.667. The number of nitrogens with zero attached hydrogens (tertiary/aromatic N) is 1. The van der Waals surface area contributed by atoms with E-state index in [-0.39, 0.29) is 10.5 Å². The predicted molar refractivity (Wildman–Crippen MR) is 54.4 cm³/mol. The minimum atomic E-state index is -4.05. The molecule has 0 aliphatic carbocycles. The van der Waals surface area contributed by atoms with Crippen molar-refractivity contribution in [3.05, 3.63) is 29.3 Å². The average molecular weight is 254 g/mol. The van der Waals surface area contributed by atoms with Crippen LogP contribution in [-0.4, -0.2) is 31.1 Å². The zero-order chi connectivity index (χ0) is 12.8. The summed E-state index contributed by atoms with van der Waals surface area (Å²) < 4.78 is 24.1. The maximum absolute atomic E-state index is 11.9. The highest BCUT2D eigenvalue weighted by atomic mass is 32.2. The Morgan fingerprint density at radius 3 is 2.59 bits per heavy atom. The van der Waals surface area contributed by atoms with Crippen LogP contribution in [0.15, 0.2) is 23.1 Å². The van der Waals surface area contributed by atoms with E-state index in [0.717, 1.165) is 0 Å². The number of hydrogen-bond acceptors (Lipinski definition) is 5. The van der Waals surface area contributed by atoms with Crippen LogP contribution in [0.25, 0.3) is 0 Å². The lowest BCUT2D eigenvalue weighted by Gasteiger charge is -2.14. The number of sulfonamides is 1. The lowest BCUT2D eigenvalue weighted by molar-refractivity contribution is -0.304. The highest BCUT2D eigenvalue weighted by Gasteiger charge is 2.41. The van der Waals surface area contributed by atoms with Gasteiger partial charge in [0.2, 0.25) is 0 Å². The van der Waals surface area contributed by atoms with Crippen molar-refractivity contribution in [2.75, 3.05) is 6.54 Å². The van der Waals surface area contributed by atoms with Gasteiger partial charge >= 0.3 is 0 Å². The van der Waals surface area contributed by atoms with Crippen LogP contribution < -0.4 is 5.11 Å². The molecule has 0 fully saturated rings. The summed E-state index contributed by atoms with van der Waals surface area (Å²) in [5, 5.41) is 10.5. The van der Waals surface area contributed by atoms with Gasteiger partial charge in [-0.3, -0.25) is 4.79 Å². The second-order valence-corrected chi connectivity index (χ2v) is 5.47. The topological polar surface area (TPSA) is 94.6 Å². The summed E-state index contributed by atoms with van der Waals surface area (Å²) in [6.45, 7) is 0.629. The number of carbonyl (C=O) groups is 2. The van der Waals surface area contributed by atoms with E-state index in [2.05, 4.69) is 0 Å². The number of carboxylic acid groups (broad SMARTS) is 1. The maximum Gasteiger partial charge on any atom is 0.269 e. The molecule has 17 heavy (non-hydrogen) atoms. The number of amides is 1. The molecule has 6 nitrogen and oxygen atoms in total. The van der Waals surface area contributed by atoms with Gasteiger partial charge in [0, 0.05) is 0 Å². The van der Waals surface area contributed by atoms with Crippen molar-refractivity contribution in [2.24, 2.45) is 0 Å². The third-order valence-electron chi connectivity index (χ3n) is 2.52. The van der Waals surface area contributed by atoms with Gasteiger partial charge in [-0.25, -0.2) is 12.7 Å². The van der Waals surface area contributed by atoms with Crippen LogP contribution in [0.1, 0.15) is 15.9 Å². The highest BCUT2D eigenvalue weighted by Crippen LogP contribution is 2.31. The van der Waals surface area contributed by atoms with Gasteiger partial charge in [-0.2, -0.15) is 0 Å². The standard InChI is InChI=1S/C10H9NO5S/c1-6-3-2-4-7-9(6)10(14)11(5-8(12)13)17(7,15)16/h2-4H,5H2,1H3,(H,12,13)/p-1. The molecule has 7 heteroatoms. The smallest absolute Gasteiger partial charge is 0.269 e. The van der Waals surface area contributed by atoms with Crippen LogP contribution in [0.5, 0.6) is 0 Å². The molecular weight excluding hydrogens is 246 g/mol. The molecule has 0 bridgehead atoms. The Morgan fingerprint density at radius 1 is 1.41 bits per heavy atom. The first-order chi connectivity index (χ1) is 7.85. The molecule has 90 valence electrons. The fourth-order valence-electron chi connectivity index (χ4n) is 1.76. The summed E-state index contributed by atoms with van der Waals surface area (Å²) in [6.07, 6.45) is 0. The molecule has 0 saturated heterocycles. The number of carboxylic acids is 1. The molecule has 1 aromatic carbocycles. The van der Waals surface area contributed by atoms with Crippen molar-refractivity contribution in [1.29, 1.82) is 0 Å². The van der Waals surface area contributed by atoms with Gasteiger partial charge in [0.25, 0.3) is 15.9 Å². The summed E-state index contributed by atoms with van der Waals surface area (Å²) in [5.74, 6) is -2.44. The first-order valence-electron chi connectivity index (χ1n) is 4.72. The van der Waals surface area contributed by atoms with Crippen LogP contribution in [0, 0.1) is 6.92 Å². The van der Waals surface area contributed by atoms with Gasteiger partial charge in [0.05, 0.1) is 18.1 Å².